The van der Waals surface area contributed by atoms with E-state index < -0.39 is 11.9 Å². The Morgan fingerprint density at radius 2 is 1.77 bits per heavy atom. The molecule has 0 saturated heterocycles. The summed E-state index contributed by atoms with van der Waals surface area (Å²) in [5, 5.41) is 13.6. The quantitative estimate of drug-likeness (QED) is 0.544. The fourth-order valence-electron chi connectivity index (χ4n) is 2.74. The molecule has 4 rings (SSSR count). The molecule has 2 aromatic heterocycles. The van der Waals surface area contributed by atoms with E-state index in [1.165, 1.54) is 18.4 Å². The van der Waals surface area contributed by atoms with Gasteiger partial charge in [-0.1, -0.05) is 24.3 Å². The lowest BCUT2D eigenvalue weighted by molar-refractivity contribution is -0.132. The van der Waals surface area contributed by atoms with Gasteiger partial charge in [-0.2, -0.15) is 0 Å². The van der Waals surface area contributed by atoms with Crippen molar-refractivity contribution in [1.29, 1.82) is 0 Å². The van der Waals surface area contributed by atoms with Crippen molar-refractivity contribution in [1.82, 2.24) is 5.32 Å². The number of aliphatic carboxylic acids is 1. The number of carboxylic acid groups (broad SMARTS) is 1. The highest BCUT2D eigenvalue weighted by Gasteiger charge is 2.15. The number of furan rings is 2. The van der Waals surface area contributed by atoms with E-state index in [4.69, 9.17) is 8.83 Å². The molecule has 6 heteroatoms. The molecule has 0 aliphatic heterocycles. The molecule has 0 aliphatic carbocycles. The maximum absolute atomic E-state index is 12.0. The molecule has 128 valence electrons. The van der Waals surface area contributed by atoms with Gasteiger partial charge in [-0.3, -0.25) is 4.79 Å². The third kappa shape index (κ3) is 2.84. The van der Waals surface area contributed by atoms with Crippen molar-refractivity contribution in [2.75, 3.05) is 0 Å². The highest BCUT2D eigenvalue weighted by Crippen LogP contribution is 2.29. The summed E-state index contributed by atoms with van der Waals surface area (Å²) in [5.41, 5.74) is 1.84. The van der Waals surface area contributed by atoms with Gasteiger partial charge in [0, 0.05) is 10.8 Å². The Bertz CT molecular complexity index is 1150. The van der Waals surface area contributed by atoms with Crippen molar-refractivity contribution >= 4 is 39.9 Å². The van der Waals surface area contributed by atoms with E-state index in [1.807, 2.05) is 30.3 Å². The minimum atomic E-state index is -1.25. The van der Waals surface area contributed by atoms with Gasteiger partial charge >= 0.3 is 5.97 Å². The van der Waals surface area contributed by atoms with Gasteiger partial charge in [0.1, 0.15) is 16.9 Å². The standard InChI is InChI=1S/C20H13NO5/c22-19(18-6-3-9-25-18)21-15(20(23)24)11-12-7-8-17-14(10-12)13-4-1-2-5-16(13)26-17/h1-11H,(H,21,22)(H,23,24). The average molecular weight is 347 g/mol. The predicted octanol–water partition coefficient (Wildman–Crippen LogP) is 4.03. The maximum Gasteiger partial charge on any atom is 0.352 e. The molecule has 2 N–H and O–H groups in total. The molecule has 2 heterocycles. The lowest BCUT2D eigenvalue weighted by atomic mass is 10.1. The smallest absolute Gasteiger partial charge is 0.352 e. The van der Waals surface area contributed by atoms with Crippen LogP contribution in [0, 0.1) is 0 Å². The Labute approximate surface area is 147 Å². The molecule has 6 nitrogen and oxygen atoms in total. The second-order valence-electron chi connectivity index (χ2n) is 5.65. The number of carboxylic acids is 1. The Morgan fingerprint density at radius 3 is 2.54 bits per heavy atom. The SMILES string of the molecule is O=C(O)C(=Cc1ccc2oc3ccccc3c2c1)NC(=O)c1ccco1. The fraction of sp³-hybridized carbons (Fsp3) is 0. The number of nitrogens with one attached hydrogen (secondary N) is 1. The Kier molecular flexibility index (Phi) is 3.78. The summed E-state index contributed by atoms with van der Waals surface area (Å²) < 4.78 is 10.7. The number of amides is 1. The Hall–Kier alpha value is -3.80. The molecule has 0 bridgehead atoms. The predicted molar refractivity (Wildman–Crippen MR) is 95.5 cm³/mol. The van der Waals surface area contributed by atoms with E-state index in [1.54, 1.807) is 18.2 Å². The van der Waals surface area contributed by atoms with Crippen LogP contribution in [0.2, 0.25) is 0 Å². The normalized spacial score (nSPS) is 11.8. The molecule has 0 radical (unpaired) electrons. The van der Waals surface area contributed by atoms with E-state index >= 15 is 0 Å². The van der Waals surface area contributed by atoms with Crippen molar-refractivity contribution in [2.45, 2.75) is 0 Å². The number of carbonyl (C=O) groups excluding carboxylic acids is 1. The van der Waals surface area contributed by atoms with Crippen molar-refractivity contribution in [3.05, 3.63) is 77.9 Å². The van der Waals surface area contributed by atoms with Gasteiger partial charge in [0.2, 0.25) is 0 Å². The van der Waals surface area contributed by atoms with Crippen molar-refractivity contribution in [3.8, 4) is 0 Å². The summed E-state index contributed by atoms with van der Waals surface area (Å²) in [7, 11) is 0. The zero-order valence-corrected chi connectivity index (χ0v) is 13.4. The molecular weight excluding hydrogens is 334 g/mol. The summed E-state index contributed by atoms with van der Waals surface area (Å²) in [4.78, 5) is 23.5. The van der Waals surface area contributed by atoms with Gasteiger partial charge in [-0.25, -0.2) is 4.79 Å². The van der Waals surface area contributed by atoms with Gasteiger partial charge in [-0.15, -0.1) is 0 Å². The number of carbonyl (C=O) groups is 2. The van der Waals surface area contributed by atoms with Crippen molar-refractivity contribution in [3.63, 3.8) is 0 Å². The Morgan fingerprint density at radius 1 is 0.962 bits per heavy atom. The molecule has 4 aromatic rings. The number of hydrogen-bond acceptors (Lipinski definition) is 4. The number of benzene rings is 2. The van der Waals surface area contributed by atoms with Crippen LogP contribution in [-0.4, -0.2) is 17.0 Å². The third-order valence-electron chi connectivity index (χ3n) is 3.94. The van der Waals surface area contributed by atoms with E-state index in [-0.39, 0.29) is 11.5 Å². The van der Waals surface area contributed by atoms with Crippen molar-refractivity contribution in [2.24, 2.45) is 0 Å². The largest absolute Gasteiger partial charge is 0.477 e. The monoisotopic (exact) mass is 347 g/mol. The minimum Gasteiger partial charge on any atom is -0.477 e. The summed E-state index contributed by atoms with van der Waals surface area (Å²) in [6.07, 6.45) is 2.74. The molecule has 0 unspecified atom stereocenters. The first kappa shape index (κ1) is 15.7. The van der Waals surface area contributed by atoms with Crippen LogP contribution in [0.1, 0.15) is 16.1 Å². The van der Waals surface area contributed by atoms with Crippen LogP contribution in [0.15, 0.2) is 75.4 Å². The first-order valence-corrected chi connectivity index (χ1v) is 7.83. The zero-order valence-electron chi connectivity index (χ0n) is 13.4. The minimum absolute atomic E-state index is 0.0356. The van der Waals surface area contributed by atoms with Crippen LogP contribution in [0.25, 0.3) is 28.0 Å². The van der Waals surface area contributed by atoms with Gasteiger partial charge in [-0.05, 0) is 42.0 Å². The lowest BCUT2D eigenvalue weighted by Crippen LogP contribution is -2.26. The summed E-state index contributed by atoms with van der Waals surface area (Å²) in [6, 6.07) is 15.9. The molecule has 26 heavy (non-hydrogen) atoms. The Balaban J connectivity index is 1.73. The van der Waals surface area contributed by atoms with Gasteiger partial charge < -0.3 is 19.3 Å². The summed E-state index contributed by atoms with van der Waals surface area (Å²) in [6.45, 7) is 0. The molecule has 0 atom stereocenters. The average Bonchev–Trinajstić information content (AvgIpc) is 3.28. The molecule has 0 aliphatic rings. The molecule has 0 saturated carbocycles. The van der Waals surface area contributed by atoms with E-state index in [9.17, 15) is 14.7 Å². The van der Waals surface area contributed by atoms with Crippen LogP contribution >= 0.6 is 0 Å². The second kappa shape index (κ2) is 6.25. The highest BCUT2D eigenvalue weighted by molar-refractivity contribution is 6.06. The second-order valence-corrected chi connectivity index (χ2v) is 5.65. The molecular formula is C20H13NO5. The first-order valence-electron chi connectivity index (χ1n) is 7.83. The molecule has 1 amide bonds. The lowest BCUT2D eigenvalue weighted by Gasteiger charge is -2.04. The summed E-state index contributed by atoms with van der Waals surface area (Å²) in [5.74, 6) is -1.84. The van der Waals surface area contributed by atoms with Gasteiger partial charge in [0.15, 0.2) is 5.76 Å². The van der Waals surface area contributed by atoms with Crippen LogP contribution in [0.5, 0.6) is 0 Å². The van der Waals surface area contributed by atoms with Gasteiger partial charge in [0.25, 0.3) is 5.91 Å². The maximum atomic E-state index is 12.0. The number of rotatable bonds is 4. The summed E-state index contributed by atoms with van der Waals surface area (Å²) >= 11 is 0. The molecule has 0 spiro atoms. The fourth-order valence-corrected chi connectivity index (χ4v) is 2.74. The van der Waals surface area contributed by atoms with Crippen LogP contribution in [-0.2, 0) is 4.79 Å². The molecule has 2 aromatic carbocycles. The number of para-hydroxylation sites is 1. The van der Waals surface area contributed by atoms with E-state index in [0.717, 1.165) is 16.4 Å². The van der Waals surface area contributed by atoms with E-state index in [0.29, 0.717) is 11.1 Å². The highest BCUT2D eigenvalue weighted by atomic mass is 16.4. The zero-order chi connectivity index (χ0) is 18.1. The van der Waals surface area contributed by atoms with Crippen molar-refractivity contribution < 1.29 is 23.5 Å². The van der Waals surface area contributed by atoms with Gasteiger partial charge in [0.05, 0.1) is 6.26 Å². The molecule has 0 fully saturated rings. The topological polar surface area (TPSA) is 92.7 Å². The van der Waals surface area contributed by atoms with E-state index in [2.05, 4.69) is 5.32 Å². The number of fused-ring (bicyclic) bond motifs is 3. The van der Waals surface area contributed by atoms with Crippen LogP contribution in [0.4, 0.5) is 0 Å². The van der Waals surface area contributed by atoms with Crippen LogP contribution in [0.3, 0.4) is 0 Å². The van der Waals surface area contributed by atoms with Crippen LogP contribution < -0.4 is 5.32 Å². The first-order chi connectivity index (χ1) is 12.6. The number of hydrogen-bond donors (Lipinski definition) is 2. The third-order valence-corrected chi connectivity index (χ3v) is 3.94.